The zero-order valence-electron chi connectivity index (χ0n) is 15.0. The van der Waals surface area contributed by atoms with Gasteiger partial charge in [-0.15, -0.1) is 0 Å². The van der Waals surface area contributed by atoms with Crippen molar-refractivity contribution < 1.29 is 44.6 Å². The number of hydrogen-bond acceptors (Lipinski definition) is 9. The molecule has 9 heteroatoms. The summed E-state index contributed by atoms with van der Waals surface area (Å²) in [5.74, 6) is -1.55. The zero-order chi connectivity index (χ0) is 20.0. The molecule has 0 unspecified atom stereocenters. The van der Waals surface area contributed by atoms with E-state index >= 15 is 0 Å². The maximum absolute atomic E-state index is 11.9. The van der Waals surface area contributed by atoms with Crippen LogP contribution in [-0.2, 0) is 19.1 Å². The Labute approximate surface area is 157 Å². The third-order valence-electron chi connectivity index (χ3n) is 5.14. The maximum atomic E-state index is 11.9. The predicted octanol–water partition coefficient (Wildman–Crippen LogP) is -2.13. The summed E-state index contributed by atoms with van der Waals surface area (Å²) in [6, 6.07) is 0. The standard InChI is InChI=1S/C18H28O9/c19-9-13-15(23)16(24)17(25)18(27-13)26-7-3-1-2-4-11-10(8-14(21)22)5-6-12(11)20/h1-2,10-11,13,15-19,23-25H,3-9H2,(H,21,22)/p-1/b2-1-/t10-,11+,13-,15-,16+,17-,18-/m1/s1. The normalized spacial score (nSPS) is 37.2. The van der Waals surface area contributed by atoms with Gasteiger partial charge < -0.3 is 39.8 Å². The van der Waals surface area contributed by atoms with E-state index in [1.807, 2.05) is 0 Å². The largest absolute Gasteiger partial charge is 0.550 e. The lowest BCUT2D eigenvalue weighted by molar-refractivity contribution is -0.307. The van der Waals surface area contributed by atoms with Crippen molar-refractivity contribution in [2.45, 2.75) is 62.8 Å². The van der Waals surface area contributed by atoms with Gasteiger partial charge in [-0.3, -0.25) is 4.79 Å². The molecular formula is C18H27O9-. The molecule has 0 aromatic heterocycles. The molecule has 0 spiro atoms. The Balaban J connectivity index is 1.73. The van der Waals surface area contributed by atoms with E-state index in [1.54, 1.807) is 12.2 Å². The van der Waals surface area contributed by atoms with Crippen LogP contribution in [0.2, 0.25) is 0 Å². The Bertz CT molecular complexity index is 533. The van der Waals surface area contributed by atoms with Crippen LogP contribution >= 0.6 is 0 Å². The topological polar surface area (TPSA) is 157 Å². The van der Waals surface area contributed by atoms with Crippen LogP contribution < -0.4 is 5.11 Å². The quantitative estimate of drug-likeness (QED) is 0.256. The lowest BCUT2D eigenvalue weighted by atomic mass is 9.89. The number of ketones is 1. The van der Waals surface area contributed by atoms with E-state index in [0.29, 0.717) is 25.7 Å². The number of aliphatic hydroxyl groups is 4. The molecule has 1 aliphatic carbocycles. The molecule has 2 rings (SSSR count). The highest BCUT2D eigenvalue weighted by Gasteiger charge is 2.43. The molecule has 0 bridgehead atoms. The zero-order valence-corrected chi connectivity index (χ0v) is 15.0. The fourth-order valence-electron chi connectivity index (χ4n) is 3.58. The Morgan fingerprint density at radius 2 is 1.96 bits per heavy atom. The number of aliphatic hydroxyl groups excluding tert-OH is 4. The van der Waals surface area contributed by atoms with Gasteiger partial charge in [-0.1, -0.05) is 12.2 Å². The number of hydrogen-bond donors (Lipinski definition) is 4. The number of aliphatic carboxylic acids is 1. The van der Waals surface area contributed by atoms with Crippen molar-refractivity contribution >= 4 is 11.8 Å². The second-order valence-corrected chi connectivity index (χ2v) is 7.01. The van der Waals surface area contributed by atoms with Gasteiger partial charge in [-0.2, -0.15) is 0 Å². The molecule has 7 atom stereocenters. The van der Waals surface area contributed by atoms with Crippen molar-refractivity contribution in [1.29, 1.82) is 0 Å². The van der Waals surface area contributed by atoms with Gasteiger partial charge >= 0.3 is 0 Å². The summed E-state index contributed by atoms with van der Waals surface area (Å²) in [7, 11) is 0. The number of carbonyl (C=O) groups is 2. The lowest BCUT2D eigenvalue weighted by Gasteiger charge is -2.39. The predicted molar refractivity (Wildman–Crippen MR) is 88.9 cm³/mol. The van der Waals surface area contributed by atoms with E-state index in [-0.39, 0.29) is 30.6 Å². The Morgan fingerprint density at radius 3 is 2.63 bits per heavy atom. The Kier molecular flexibility index (Phi) is 8.33. The number of rotatable bonds is 9. The van der Waals surface area contributed by atoms with Crippen molar-refractivity contribution in [2.24, 2.45) is 11.8 Å². The van der Waals surface area contributed by atoms with Crippen LogP contribution in [-0.4, -0.2) is 76.1 Å². The highest BCUT2D eigenvalue weighted by molar-refractivity contribution is 5.84. The molecule has 1 aliphatic heterocycles. The Hall–Kier alpha value is -1.36. The minimum Gasteiger partial charge on any atom is -0.550 e. The number of carbonyl (C=O) groups excluding carboxylic acids is 2. The summed E-state index contributed by atoms with van der Waals surface area (Å²) >= 11 is 0. The van der Waals surface area contributed by atoms with Crippen molar-refractivity contribution in [3.63, 3.8) is 0 Å². The summed E-state index contributed by atoms with van der Waals surface area (Å²) in [5, 5.41) is 49.1. The van der Waals surface area contributed by atoms with E-state index in [0.717, 1.165) is 0 Å². The molecule has 2 aliphatic rings. The number of allylic oxidation sites excluding steroid dienone is 1. The summed E-state index contributed by atoms with van der Waals surface area (Å²) in [6.45, 7) is -0.368. The molecule has 0 aromatic rings. The maximum Gasteiger partial charge on any atom is 0.186 e. The average Bonchev–Trinajstić information content (AvgIpc) is 2.96. The molecule has 27 heavy (non-hydrogen) atoms. The van der Waals surface area contributed by atoms with Crippen molar-refractivity contribution in [3.05, 3.63) is 12.2 Å². The first-order valence-electron chi connectivity index (χ1n) is 9.14. The van der Waals surface area contributed by atoms with Crippen molar-refractivity contribution in [2.75, 3.05) is 13.2 Å². The van der Waals surface area contributed by atoms with Gasteiger partial charge in [0.2, 0.25) is 0 Å². The molecule has 0 aromatic carbocycles. The summed E-state index contributed by atoms with van der Waals surface area (Å²) in [6.07, 6.45) is -1.18. The second-order valence-electron chi connectivity index (χ2n) is 7.01. The van der Waals surface area contributed by atoms with Gasteiger partial charge in [0.05, 0.1) is 13.2 Å². The summed E-state index contributed by atoms with van der Waals surface area (Å²) < 4.78 is 10.6. The minimum absolute atomic E-state index is 0.0727. The smallest absolute Gasteiger partial charge is 0.186 e. The third-order valence-corrected chi connectivity index (χ3v) is 5.14. The van der Waals surface area contributed by atoms with E-state index in [2.05, 4.69) is 0 Å². The van der Waals surface area contributed by atoms with Crippen LogP contribution in [0.15, 0.2) is 12.2 Å². The number of ether oxygens (including phenoxy) is 2. The van der Waals surface area contributed by atoms with E-state index in [4.69, 9.17) is 14.6 Å². The molecule has 154 valence electrons. The summed E-state index contributed by atoms with van der Waals surface area (Å²) in [5.41, 5.74) is 0. The lowest BCUT2D eigenvalue weighted by Crippen LogP contribution is -2.59. The van der Waals surface area contributed by atoms with Crippen LogP contribution in [0, 0.1) is 11.8 Å². The molecule has 2 fully saturated rings. The van der Waals surface area contributed by atoms with Crippen molar-refractivity contribution in [3.8, 4) is 0 Å². The fraction of sp³-hybridized carbons (Fsp3) is 0.778. The first kappa shape index (κ1) is 21.9. The Morgan fingerprint density at radius 1 is 1.22 bits per heavy atom. The van der Waals surface area contributed by atoms with Gasteiger partial charge in [0, 0.05) is 18.3 Å². The van der Waals surface area contributed by atoms with E-state index in [1.165, 1.54) is 0 Å². The van der Waals surface area contributed by atoms with Crippen LogP contribution in [0.5, 0.6) is 0 Å². The highest BCUT2D eigenvalue weighted by Crippen LogP contribution is 2.33. The van der Waals surface area contributed by atoms with Crippen LogP contribution in [0.3, 0.4) is 0 Å². The van der Waals surface area contributed by atoms with Crippen LogP contribution in [0.1, 0.15) is 32.1 Å². The number of carboxylic acids is 1. The van der Waals surface area contributed by atoms with Gasteiger partial charge in [0.1, 0.15) is 30.2 Å². The average molecular weight is 387 g/mol. The van der Waals surface area contributed by atoms with E-state index < -0.39 is 43.3 Å². The second kappa shape index (κ2) is 10.3. The molecule has 9 nitrogen and oxygen atoms in total. The van der Waals surface area contributed by atoms with Gasteiger partial charge in [-0.05, 0) is 31.6 Å². The molecule has 1 saturated heterocycles. The highest BCUT2D eigenvalue weighted by atomic mass is 16.7. The number of Topliss-reactive ketones (excluding diaryl/α,β-unsaturated/α-hetero) is 1. The van der Waals surface area contributed by atoms with Gasteiger partial charge in [0.25, 0.3) is 0 Å². The number of carboxylic acid groups (broad SMARTS) is 1. The molecule has 0 radical (unpaired) electrons. The van der Waals surface area contributed by atoms with Gasteiger partial charge in [0.15, 0.2) is 6.29 Å². The monoisotopic (exact) mass is 387 g/mol. The minimum atomic E-state index is -1.48. The van der Waals surface area contributed by atoms with Gasteiger partial charge in [-0.25, -0.2) is 0 Å². The fourth-order valence-corrected chi connectivity index (χ4v) is 3.58. The first-order chi connectivity index (χ1) is 12.8. The summed E-state index contributed by atoms with van der Waals surface area (Å²) in [4.78, 5) is 22.6. The molecular weight excluding hydrogens is 360 g/mol. The molecule has 4 N–H and O–H groups in total. The molecule has 1 saturated carbocycles. The van der Waals surface area contributed by atoms with Crippen molar-refractivity contribution in [1.82, 2.24) is 0 Å². The molecule has 0 amide bonds. The van der Waals surface area contributed by atoms with Crippen LogP contribution in [0.25, 0.3) is 0 Å². The van der Waals surface area contributed by atoms with E-state index in [9.17, 15) is 30.0 Å². The first-order valence-corrected chi connectivity index (χ1v) is 9.14. The third kappa shape index (κ3) is 5.81. The SMILES string of the molecule is O=C([O-])C[C@H]1CCC(=O)[C@H]1C/C=C\CCO[C@@H]1O[C@H](CO)[C@@H](O)[C@H](O)[C@H]1O. The molecule has 1 heterocycles. The van der Waals surface area contributed by atoms with Crippen LogP contribution in [0.4, 0.5) is 0 Å².